The van der Waals surface area contributed by atoms with Crippen LogP contribution in [0.25, 0.3) is 0 Å². The summed E-state index contributed by atoms with van der Waals surface area (Å²) in [6.07, 6.45) is 0.183. The molecule has 14 N–H and O–H groups in total. The van der Waals surface area contributed by atoms with E-state index >= 15 is 9.35 Å². The summed E-state index contributed by atoms with van der Waals surface area (Å²) >= 11 is -0.921. The minimum atomic E-state index is -2.41. The van der Waals surface area contributed by atoms with E-state index in [9.17, 15) is 68.1 Å². The summed E-state index contributed by atoms with van der Waals surface area (Å²) in [5.74, 6) is -13.9. The van der Waals surface area contributed by atoms with Gasteiger partial charge in [0.1, 0.15) is 29.6 Å². The molecule has 0 saturated carbocycles. The summed E-state index contributed by atoms with van der Waals surface area (Å²) in [6.45, 7) is 7.68. The number of nitrogens with two attached hydrogens (primary N) is 1. The maximum absolute atomic E-state index is 15.6. The maximum atomic E-state index is 15.6. The third kappa shape index (κ3) is 30.0. The largest absolute Gasteiger partial charge is 0.615 e. The Hall–Kier alpha value is -7.38. The van der Waals surface area contributed by atoms with Gasteiger partial charge in [0.15, 0.2) is 11.4 Å². The summed E-state index contributed by atoms with van der Waals surface area (Å²) in [5.41, 5.74) is 6.91. The molecule has 3 saturated heterocycles. The molecule has 39 heteroatoms. The molecule has 6 rings (SSSR count). The van der Waals surface area contributed by atoms with E-state index in [2.05, 4.69) is 47.9 Å². The van der Waals surface area contributed by atoms with Crippen LogP contribution in [0.5, 0.6) is 5.75 Å². The number of carbonyl (C=O) groups excluding carboxylic acids is 12. The van der Waals surface area contributed by atoms with Crippen LogP contribution in [0.4, 0.5) is 5.69 Å². The van der Waals surface area contributed by atoms with Gasteiger partial charge >= 0.3 is 0 Å². The number of fused-ring (bicyclic) bond motifs is 4. The van der Waals surface area contributed by atoms with Crippen molar-refractivity contribution < 1.29 is 120 Å². The lowest BCUT2D eigenvalue weighted by Gasteiger charge is -2.34. The van der Waals surface area contributed by atoms with Crippen LogP contribution >= 0.6 is 11.8 Å². The summed E-state index contributed by atoms with van der Waals surface area (Å²) in [7, 11) is 1.44. The number of unbranched alkanes of at least 4 members (excludes halogenated alkanes) is 1. The van der Waals surface area contributed by atoms with Crippen LogP contribution in [-0.4, -0.2) is 319 Å². The van der Waals surface area contributed by atoms with E-state index < -0.39 is 181 Å². The van der Waals surface area contributed by atoms with Crippen molar-refractivity contribution >= 4 is 99.5 Å². The monoisotopic (exact) mass is 1580 g/mol. The second kappa shape index (κ2) is 49.1. The molecule has 13 atom stereocenters. The van der Waals surface area contributed by atoms with Crippen molar-refractivity contribution in [2.45, 2.75) is 119 Å². The van der Waals surface area contributed by atoms with E-state index in [4.69, 9.17) is 48.4 Å². The van der Waals surface area contributed by atoms with Gasteiger partial charge in [-0.3, -0.25) is 62.4 Å². The van der Waals surface area contributed by atoms with Crippen LogP contribution in [0.2, 0.25) is 0 Å². The lowest BCUT2D eigenvalue weighted by molar-refractivity contribution is -0.144. The van der Waals surface area contributed by atoms with Gasteiger partial charge in [-0.1, -0.05) is 33.3 Å². The van der Waals surface area contributed by atoms with Crippen LogP contribution in [0.15, 0.2) is 24.3 Å². The van der Waals surface area contributed by atoms with Crippen LogP contribution in [0, 0.1) is 23.7 Å². The molecule has 0 aromatic heterocycles. The van der Waals surface area contributed by atoms with Crippen molar-refractivity contribution in [3.05, 3.63) is 35.4 Å². The highest BCUT2D eigenvalue weighted by molar-refractivity contribution is 7.98. The van der Waals surface area contributed by atoms with E-state index in [0.29, 0.717) is 140 Å². The minimum absolute atomic E-state index is 0.0383. The lowest BCUT2D eigenvalue weighted by atomic mass is 9.85. The van der Waals surface area contributed by atoms with Crippen molar-refractivity contribution in [1.82, 2.24) is 52.3 Å². The first-order valence-corrected chi connectivity index (χ1v) is 39.4. The molecule has 1 aromatic carbocycles. The fourth-order valence-electron chi connectivity index (χ4n) is 12.6. The van der Waals surface area contributed by atoms with Crippen molar-refractivity contribution in [2.24, 2.45) is 29.4 Å². The van der Waals surface area contributed by atoms with Crippen LogP contribution in [-0.2, 0) is 112 Å². The molecule has 1 aromatic rings. The number of nitrogens with one attached hydrogen (secondary N) is 9. The molecule has 5 heterocycles. The van der Waals surface area contributed by atoms with E-state index in [0.717, 1.165) is 9.80 Å². The molecule has 12 amide bonds. The standard InChI is InChI=1S/C70H110N12O25S2/c1-5-43(2)46-12-15-73-57(88)37-75-65(93)48-36-74-68(96)62(44(3)53(85)40-83)79-67(95)52-34-45(84)39-82(52)70(97)50(35-55(71)86)78-66(94)51(77-58(89)38-76-64(46)92)42-109(98)69-61(48)47-8-9-54(99-4)49(63(47)80-69)41-108-33-7-6-14-72-56(87)13-17-100-19-21-102-23-25-104-27-29-106-31-32-107-30-28-105-26-24-103-22-20-101-18-16-81-59(90)10-11-60(81)91/h8-11,43-46,48,50-53,61-62,69,80,83-85H,5-7,12-42H2,1-4H3,(H2,71,86)(H,72,87)(H,73,88)(H,74,96)(H,75,93)(H,76,92)(H,77,89)(H,78,94)(H,79,95)/t43-,44-,45+,46-,48+,50-,51+,52-,53-,61?,62-,69?,109?/m0/s1. The normalized spacial score (nSPS) is 24.2. The van der Waals surface area contributed by atoms with Crippen molar-refractivity contribution in [2.75, 3.05) is 182 Å². The molecule has 3 fully saturated rings. The number of aliphatic hydroxyl groups excluding tert-OH is 3. The number of hydrogen-bond acceptors (Lipinski definition) is 27. The second-order valence-corrected chi connectivity index (χ2v) is 29.2. The second-order valence-electron chi connectivity index (χ2n) is 26.5. The Morgan fingerprint density at radius 1 is 0.716 bits per heavy atom. The van der Waals surface area contributed by atoms with Crippen molar-refractivity contribution in [3.63, 3.8) is 0 Å². The first-order valence-electron chi connectivity index (χ1n) is 36.9. The minimum Gasteiger partial charge on any atom is -0.615 e. The molecule has 109 heavy (non-hydrogen) atoms. The van der Waals surface area contributed by atoms with E-state index in [1.807, 2.05) is 13.8 Å². The van der Waals surface area contributed by atoms with Gasteiger partial charge in [0, 0.05) is 80.0 Å². The fraction of sp³-hybridized carbons (Fsp3) is 0.714. The van der Waals surface area contributed by atoms with Gasteiger partial charge < -0.3 is 121 Å². The summed E-state index contributed by atoms with van der Waals surface area (Å²) < 4.78 is 65.5. The molecule has 612 valence electrons. The Labute approximate surface area is 640 Å². The number of carbonyl (C=O) groups is 12. The SMILES string of the molecule is CC[C@H](C)[C@@H]1CCNC(=O)CNC(=O)[C@@H]2CNC(=O)[C@H]([C@@H](C)[C@@H](O)CO)NC(=O)[C@@H]3C[C@@H](O)CN3C(=O)[C@H](CC(N)=O)NC(=O)[C@@H](C[S+]([O-])C3Nc4c(ccc(OC)c4CSCCCCNC(=O)CCOCCOCCOCCOCCOCCOCCOCCOCCN4C(=O)C=CC4=O)C32)NC(=O)CNC1=O. The van der Waals surface area contributed by atoms with Gasteiger partial charge in [-0.15, -0.1) is 0 Å². The van der Waals surface area contributed by atoms with E-state index in [-0.39, 0.29) is 75.1 Å². The van der Waals surface area contributed by atoms with Crippen molar-refractivity contribution in [3.8, 4) is 5.75 Å². The zero-order valence-electron chi connectivity index (χ0n) is 62.4. The number of methoxy groups -OCH3 is 1. The van der Waals surface area contributed by atoms with Crippen molar-refractivity contribution in [1.29, 1.82) is 0 Å². The van der Waals surface area contributed by atoms with Crippen LogP contribution in [0.1, 0.15) is 82.8 Å². The van der Waals surface area contributed by atoms with E-state index in [1.165, 1.54) is 37.9 Å². The average Bonchev–Trinajstić information content (AvgIpc) is 1.60. The highest BCUT2D eigenvalue weighted by Crippen LogP contribution is 2.48. The molecule has 0 radical (unpaired) electrons. The maximum Gasteiger partial charge on any atom is 0.253 e. The van der Waals surface area contributed by atoms with Gasteiger partial charge in [-0.05, 0) is 53.7 Å². The number of ether oxygens (including phenoxy) is 9. The molecule has 5 aliphatic rings. The number of anilines is 1. The number of primary amides is 1. The lowest BCUT2D eigenvalue weighted by Crippen LogP contribution is -2.61. The zero-order valence-corrected chi connectivity index (χ0v) is 64.0. The first-order chi connectivity index (χ1) is 52.5. The molecule has 37 nitrogen and oxygen atoms in total. The van der Waals surface area contributed by atoms with E-state index in [1.54, 1.807) is 12.1 Å². The predicted octanol–water partition coefficient (Wildman–Crippen LogP) is -4.70. The first kappa shape index (κ1) is 90.5. The molecule has 2 bridgehead atoms. The molecule has 0 spiro atoms. The highest BCUT2D eigenvalue weighted by atomic mass is 32.2. The number of rotatable bonds is 42. The summed E-state index contributed by atoms with van der Waals surface area (Å²) in [5, 5.41) is 55.0. The van der Waals surface area contributed by atoms with Crippen LogP contribution < -0.4 is 58.3 Å². The van der Waals surface area contributed by atoms with Gasteiger partial charge in [0.05, 0.1) is 170 Å². The van der Waals surface area contributed by atoms with Crippen LogP contribution in [0.3, 0.4) is 0 Å². The fourth-order valence-corrected chi connectivity index (χ4v) is 15.3. The number of benzene rings is 1. The number of nitrogens with zero attached hydrogens (tertiary/aromatic N) is 2. The van der Waals surface area contributed by atoms with Gasteiger partial charge in [0.2, 0.25) is 59.1 Å². The summed E-state index contributed by atoms with van der Waals surface area (Å²) in [4.78, 5) is 166. The molecular weight excluding hydrogens is 1470 g/mol. The number of hydrogen-bond donors (Lipinski definition) is 13. The molecule has 3 unspecified atom stereocenters. The Morgan fingerprint density at radius 3 is 1.89 bits per heavy atom. The Bertz CT molecular complexity index is 3170. The molecular formula is C70H110N12O25S2. The van der Waals surface area contributed by atoms with Gasteiger partial charge in [0.25, 0.3) is 11.8 Å². The Morgan fingerprint density at radius 2 is 1.30 bits per heavy atom. The molecule has 0 aliphatic carbocycles. The number of thioether (sulfide) groups is 1. The number of aliphatic hydroxyl groups is 3. The smallest absolute Gasteiger partial charge is 0.253 e. The average molecular weight is 1580 g/mol. The topological polar surface area (TPSA) is 512 Å². The Kier molecular flexibility index (Phi) is 40.8. The zero-order chi connectivity index (χ0) is 79.2. The highest BCUT2D eigenvalue weighted by Gasteiger charge is 2.51. The molecule has 5 aliphatic heterocycles. The predicted molar refractivity (Wildman–Crippen MR) is 393 cm³/mol. The number of imide groups is 1. The number of amides is 12. The Balaban J connectivity index is 1.02. The third-order valence-electron chi connectivity index (χ3n) is 18.8. The van der Waals surface area contributed by atoms with Gasteiger partial charge in [-0.25, -0.2) is 0 Å². The van der Waals surface area contributed by atoms with Gasteiger partial charge in [-0.2, -0.15) is 11.8 Å². The summed E-state index contributed by atoms with van der Waals surface area (Å²) in [6, 6.07) is -3.76. The quantitative estimate of drug-likeness (QED) is 0.0166. The third-order valence-corrected chi connectivity index (χ3v) is 21.5.